The Morgan fingerprint density at radius 3 is 2.53 bits per heavy atom. The molecular formula is C13H17N3O3. The summed E-state index contributed by atoms with van der Waals surface area (Å²) in [6.45, 7) is 2.82. The molecule has 1 fully saturated rings. The molecule has 102 valence electrons. The first-order valence-corrected chi connectivity index (χ1v) is 6.06. The normalized spacial score (nSPS) is 16.3. The molecule has 0 amide bonds. The van der Waals surface area contributed by atoms with Crippen LogP contribution in [0.4, 0.5) is 5.69 Å². The van der Waals surface area contributed by atoms with E-state index < -0.39 is 0 Å². The lowest BCUT2D eigenvalue weighted by molar-refractivity contribution is 0.0600. The van der Waals surface area contributed by atoms with Gasteiger partial charge in [0.2, 0.25) is 0 Å². The average molecular weight is 263 g/mol. The number of hydrogen-bond donors (Lipinski definition) is 1. The number of esters is 1. The summed E-state index contributed by atoms with van der Waals surface area (Å²) in [5, 5.41) is 0. The van der Waals surface area contributed by atoms with Gasteiger partial charge in [0.05, 0.1) is 31.6 Å². The number of carbonyl (C=O) groups is 1. The molecule has 0 aromatic heterocycles. The van der Waals surface area contributed by atoms with Gasteiger partial charge in [-0.15, -0.1) is 0 Å². The van der Waals surface area contributed by atoms with Gasteiger partial charge in [-0.05, 0) is 24.3 Å². The maximum atomic E-state index is 11.3. The largest absolute Gasteiger partial charge is 0.465 e. The molecule has 2 N–H and O–H groups in total. The highest BCUT2D eigenvalue weighted by Crippen LogP contribution is 2.14. The molecule has 0 radical (unpaired) electrons. The van der Waals surface area contributed by atoms with Crippen LogP contribution in [-0.2, 0) is 9.47 Å². The smallest absolute Gasteiger partial charge is 0.337 e. The van der Waals surface area contributed by atoms with Crippen LogP contribution in [0.1, 0.15) is 10.4 Å². The third-order valence-electron chi connectivity index (χ3n) is 2.87. The Hall–Kier alpha value is -2.08. The van der Waals surface area contributed by atoms with Gasteiger partial charge in [0, 0.05) is 13.1 Å². The summed E-state index contributed by atoms with van der Waals surface area (Å²) in [6.07, 6.45) is 0. The number of methoxy groups -OCH3 is 1. The number of guanidine groups is 1. The molecule has 1 aromatic rings. The highest BCUT2D eigenvalue weighted by Gasteiger charge is 2.12. The Bertz CT molecular complexity index is 465. The number of nitrogens with zero attached hydrogens (tertiary/aromatic N) is 2. The second kappa shape index (κ2) is 6.19. The van der Waals surface area contributed by atoms with E-state index in [9.17, 15) is 4.79 Å². The molecule has 1 heterocycles. The maximum Gasteiger partial charge on any atom is 0.337 e. The molecule has 19 heavy (non-hydrogen) atoms. The molecule has 1 aromatic carbocycles. The lowest BCUT2D eigenvalue weighted by Crippen LogP contribution is -2.44. The summed E-state index contributed by atoms with van der Waals surface area (Å²) in [5.41, 5.74) is 7.13. The van der Waals surface area contributed by atoms with Crippen molar-refractivity contribution in [3.8, 4) is 0 Å². The van der Waals surface area contributed by atoms with Gasteiger partial charge in [0.15, 0.2) is 5.96 Å². The summed E-state index contributed by atoms with van der Waals surface area (Å²) >= 11 is 0. The van der Waals surface area contributed by atoms with E-state index in [1.165, 1.54) is 7.11 Å². The molecule has 2 rings (SSSR count). The number of nitrogens with two attached hydrogens (primary N) is 1. The van der Waals surface area contributed by atoms with Crippen LogP contribution in [0.25, 0.3) is 0 Å². The van der Waals surface area contributed by atoms with Crippen LogP contribution in [0, 0.1) is 0 Å². The lowest BCUT2D eigenvalue weighted by atomic mass is 10.2. The minimum absolute atomic E-state index is 0.364. The van der Waals surface area contributed by atoms with Gasteiger partial charge in [-0.1, -0.05) is 0 Å². The fraction of sp³-hybridized carbons (Fsp3) is 0.385. The van der Waals surface area contributed by atoms with Gasteiger partial charge in [0.25, 0.3) is 0 Å². The van der Waals surface area contributed by atoms with Crippen molar-refractivity contribution in [2.24, 2.45) is 10.7 Å². The molecule has 0 unspecified atom stereocenters. The van der Waals surface area contributed by atoms with Crippen molar-refractivity contribution in [2.45, 2.75) is 0 Å². The quantitative estimate of drug-likeness (QED) is 0.484. The van der Waals surface area contributed by atoms with Gasteiger partial charge in [-0.25, -0.2) is 9.79 Å². The molecule has 1 aliphatic rings. The standard InChI is InChI=1S/C13H17N3O3/c1-18-12(17)10-2-4-11(5-3-10)15-13(14)16-6-8-19-9-7-16/h2-5H,6-9H2,1H3,(H2,14,15). The molecule has 6 heteroatoms. The molecule has 0 aliphatic carbocycles. The molecule has 6 nitrogen and oxygen atoms in total. The van der Waals surface area contributed by atoms with Crippen molar-refractivity contribution in [3.05, 3.63) is 29.8 Å². The zero-order valence-electron chi connectivity index (χ0n) is 10.8. The monoisotopic (exact) mass is 263 g/mol. The van der Waals surface area contributed by atoms with Crippen LogP contribution in [-0.4, -0.2) is 50.2 Å². The Balaban J connectivity index is 2.07. The fourth-order valence-electron chi connectivity index (χ4n) is 1.79. The highest BCUT2D eigenvalue weighted by atomic mass is 16.5. The fourth-order valence-corrected chi connectivity index (χ4v) is 1.79. The lowest BCUT2D eigenvalue weighted by Gasteiger charge is -2.27. The summed E-state index contributed by atoms with van der Waals surface area (Å²) in [6, 6.07) is 6.80. The van der Waals surface area contributed by atoms with E-state index in [4.69, 9.17) is 10.5 Å². The molecular weight excluding hydrogens is 246 g/mol. The maximum absolute atomic E-state index is 11.3. The number of ether oxygens (including phenoxy) is 2. The van der Waals surface area contributed by atoms with Gasteiger partial charge in [-0.2, -0.15) is 0 Å². The third kappa shape index (κ3) is 3.45. The Labute approximate surface area is 111 Å². The second-order valence-corrected chi connectivity index (χ2v) is 4.11. The van der Waals surface area contributed by atoms with Crippen LogP contribution in [0.15, 0.2) is 29.3 Å². The van der Waals surface area contributed by atoms with E-state index in [1.807, 2.05) is 4.90 Å². The zero-order chi connectivity index (χ0) is 13.7. The van der Waals surface area contributed by atoms with Crippen LogP contribution in [0.2, 0.25) is 0 Å². The van der Waals surface area contributed by atoms with Crippen LogP contribution in [0.3, 0.4) is 0 Å². The van der Waals surface area contributed by atoms with Gasteiger partial charge >= 0.3 is 5.97 Å². The van der Waals surface area contributed by atoms with Crippen LogP contribution in [0.5, 0.6) is 0 Å². The average Bonchev–Trinajstić information content (AvgIpc) is 2.48. The Kier molecular flexibility index (Phi) is 4.35. The van der Waals surface area contributed by atoms with Crippen molar-refractivity contribution in [1.82, 2.24) is 4.90 Å². The Morgan fingerprint density at radius 2 is 1.95 bits per heavy atom. The predicted molar refractivity (Wildman–Crippen MR) is 71.5 cm³/mol. The van der Waals surface area contributed by atoms with Crippen molar-refractivity contribution in [3.63, 3.8) is 0 Å². The van der Waals surface area contributed by atoms with Gasteiger partial charge in [-0.3, -0.25) is 0 Å². The van der Waals surface area contributed by atoms with Gasteiger partial charge in [0.1, 0.15) is 0 Å². The number of morpholine rings is 1. The number of hydrogen-bond acceptors (Lipinski definition) is 4. The molecule has 0 saturated carbocycles. The number of benzene rings is 1. The topological polar surface area (TPSA) is 77.1 Å². The van der Waals surface area contributed by atoms with E-state index in [0.717, 1.165) is 13.1 Å². The summed E-state index contributed by atoms with van der Waals surface area (Å²) in [4.78, 5) is 17.6. The van der Waals surface area contributed by atoms with Crippen molar-refractivity contribution >= 4 is 17.6 Å². The van der Waals surface area contributed by atoms with E-state index in [0.29, 0.717) is 30.4 Å². The molecule has 0 atom stereocenters. The van der Waals surface area contributed by atoms with Crippen LogP contribution < -0.4 is 5.73 Å². The van der Waals surface area contributed by atoms with Crippen molar-refractivity contribution < 1.29 is 14.3 Å². The van der Waals surface area contributed by atoms with Crippen LogP contribution >= 0.6 is 0 Å². The minimum Gasteiger partial charge on any atom is -0.465 e. The molecule has 1 saturated heterocycles. The van der Waals surface area contributed by atoms with E-state index in [2.05, 4.69) is 9.73 Å². The molecule has 0 spiro atoms. The highest BCUT2D eigenvalue weighted by molar-refractivity contribution is 5.90. The molecule has 0 bridgehead atoms. The summed E-state index contributed by atoms with van der Waals surface area (Å²) in [5.74, 6) is 0.103. The number of carbonyl (C=O) groups excluding carboxylic acids is 1. The Morgan fingerprint density at radius 1 is 1.32 bits per heavy atom. The van der Waals surface area contributed by atoms with E-state index in [-0.39, 0.29) is 5.97 Å². The van der Waals surface area contributed by atoms with Crippen molar-refractivity contribution in [2.75, 3.05) is 33.4 Å². The van der Waals surface area contributed by atoms with E-state index in [1.54, 1.807) is 24.3 Å². The minimum atomic E-state index is -0.364. The van der Waals surface area contributed by atoms with Gasteiger partial charge < -0.3 is 20.1 Å². The first kappa shape index (κ1) is 13.4. The number of aliphatic imine (C=N–C) groups is 1. The summed E-state index contributed by atoms with van der Waals surface area (Å²) < 4.78 is 9.88. The van der Waals surface area contributed by atoms with E-state index >= 15 is 0 Å². The third-order valence-corrected chi connectivity index (χ3v) is 2.87. The predicted octanol–water partition coefficient (Wildman–Crippen LogP) is 0.752. The summed E-state index contributed by atoms with van der Waals surface area (Å²) in [7, 11) is 1.35. The molecule has 1 aliphatic heterocycles. The zero-order valence-corrected chi connectivity index (χ0v) is 10.8. The van der Waals surface area contributed by atoms with Crippen molar-refractivity contribution in [1.29, 1.82) is 0 Å². The first-order valence-electron chi connectivity index (χ1n) is 6.06. The first-order chi connectivity index (χ1) is 9.20. The SMILES string of the molecule is COC(=O)c1ccc(N=C(N)N2CCOCC2)cc1. The second-order valence-electron chi connectivity index (χ2n) is 4.11. The number of rotatable bonds is 2.